The van der Waals surface area contributed by atoms with E-state index in [4.69, 9.17) is 0 Å². The molecule has 0 saturated carbocycles. The van der Waals surface area contributed by atoms with Crippen molar-refractivity contribution in [1.82, 2.24) is 10.2 Å². The molecule has 19 heavy (non-hydrogen) atoms. The van der Waals surface area contributed by atoms with Crippen molar-refractivity contribution in [3.8, 4) is 0 Å². The molecule has 98 valence electrons. The van der Waals surface area contributed by atoms with E-state index in [0.29, 0.717) is 18.7 Å². The fourth-order valence-corrected chi connectivity index (χ4v) is 2.68. The van der Waals surface area contributed by atoms with Crippen molar-refractivity contribution in [2.24, 2.45) is 0 Å². The highest BCUT2D eigenvalue weighted by atomic mass is 32.1. The van der Waals surface area contributed by atoms with E-state index in [2.05, 4.69) is 22.8 Å². The molecule has 2 N–H and O–H groups in total. The summed E-state index contributed by atoms with van der Waals surface area (Å²) in [5, 5.41) is 5.01. The monoisotopic (exact) mass is 277 g/mol. The molecule has 7 heteroatoms. The third-order valence-corrected chi connectivity index (χ3v) is 3.55. The quantitative estimate of drug-likeness (QED) is 0.653. The van der Waals surface area contributed by atoms with Gasteiger partial charge in [-0.1, -0.05) is 6.07 Å². The molecule has 1 unspecified atom stereocenters. The Kier molecular flexibility index (Phi) is 2.70. The molecule has 6 nitrogen and oxygen atoms in total. The largest absolute Gasteiger partial charge is 0.310 e. The molecular weight excluding hydrogens is 266 g/mol. The van der Waals surface area contributed by atoms with Crippen LogP contribution in [0.5, 0.6) is 0 Å². The molecular formula is C12H11N3O3S. The minimum Gasteiger partial charge on any atom is -0.310 e. The third-order valence-electron chi connectivity index (χ3n) is 3.20. The lowest BCUT2D eigenvalue weighted by molar-refractivity contribution is -0.117. The lowest BCUT2D eigenvalue weighted by Gasteiger charge is -2.17. The number of carbonyl (C=O) groups excluding carboxylic acids is 1. The second-order valence-electron chi connectivity index (χ2n) is 4.47. The Balaban J connectivity index is 2.31. The van der Waals surface area contributed by atoms with Gasteiger partial charge in [-0.2, -0.15) is 12.6 Å². The van der Waals surface area contributed by atoms with Gasteiger partial charge in [-0.15, -0.1) is 0 Å². The van der Waals surface area contributed by atoms with E-state index in [1.807, 2.05) is 0 Å². The molecule has 2 aromatic rings. The summed E-state index contributed by atoms with van der Waals surface area (Å²) >= 11 is 4.29. The van der Waals surface area contributed by atoms with Crippen LogP contribution >= 0.6 is 12.6 Å². The first kappa shape index (κ1) is 12.0. The van der Waals surface area contributed by atoms with Gasteiger partial charge in [-0.25, -0.2) is 0 Å². The topological polar surface area (TPSA) is 86.0 Å². The van der Waals surface area contributed by atoms with Crippen molar-refractivity contribution >= 4 is 35.0 Å². The normalized spacial score (nSPS) is 19.3. The molecule has 1 amide bonds. The summed E-state index contributed by atoms with van der Waals surface area (Å²) in [6.07, 6.45) is 0.334. The van der Waals surface area contributed by atoms with E-state index in [0.717, 1.165) is 0 Å². The van der Waals surface area contributed by atoms with Gasteiger partial charge in [0.25, 0.3) is 11.1 Å². The second-order valence-corrected chi connectivity index (χ2v) is 5.20. The van der Waals surface area contributed by atoms with Crippen molar-refractivity contribution in [1.29, 1.82) is 0 Å². The van der Waals surface area contributed by atoms with Crippen LogP contribution in [0.15, 0.2) is 27.8 Å². The summed E-state index contributed by atoms with van der Waals surface area (Å²) in [4.78, 5) is 37.0. The van der Waals surface area contributed by atoms with Crippen LogP contribution in [-0.2, 0) is 4.79 Å². The number of thiol groups is 1. The highest BCUT2D eigenvalue weighted by molar-refractivity contribution is 7.81. The summed E-state index contributed by atoms with van der Waals surface area (Å²) in [5.74, 6) is -0.0906. The molecule has 0 bridgehead atoms. The van der Waals surface area contributed by atoms with E-state index in [1.165, 1.54) is 4.90 Å². The Morgan fingerprint density at radius 1 is 1.16 bits per heavy atom. The third kappa shape index (κ3) is 1.86. The van der Waals surface area contributed by atoms with Gasteiger partial charge in [-0.3, -0.25) is 24.6 Å². The standard InChI is InChI=1S/C12H11N3O3S/c16-9-4-6(19)5-15(9)8-3-1-2-7-10(8)12(18)14-13-11(7)17/h1-3,6,19H,4-5H2,(H,13,17)(H,14,18). The highest BCUT2D eigenvalue weighted by Gasteiger charge is 2.30. The summed E-state index contributed by atoms with van der Waals surface area (Å²) < 4.78 is 0. The molecule has 0 aliphatic carbocycles. The number of amides is 1. The van der Waals surface area contributed by atoms with Crippen LogP contribution in [0.3, 0.4) is 0 Å². The molecule has 0 spiro atoms. The van der Waals surface area contributed by atoms with Crippen LogP contribution in [0.4, 0.5) is 5.69 Å². The number of carbonyl (C=O) groups is 1. The minimum absolute atomic E-state index is 0.0520. The maximum Gasteiger partial charge on any atom is 0.272 e. The molecule has 1 aliphatic rings. The average molecular weight is 277 g/mol. The second kappa shape index (κ2) is 4.27. The van der Waals surface area contributed by atoms with Crippen molar-refractivity contribution in [2.45, 2.75) is 11.7 Å². The van der Waals surface area contributed by atoms with Gasteiger partial charge in [-0.05, 0) is 12.1 Å². The van der Waals surface area contributed by atoms with Crippen LogP contribution in [0, 0.1) is 0 Å². The lowest BCUT2D eigenvalue weighted by Crippen LogP contribution is -2.28. The Bertz CT molecular complexity index is 780. The molecule has 1 aromatic heterocycles. The summed E-state index contributed by atoms with van der Waals surface area (Å²) in [6.45, 7) is 0.438. The molecule has 1 aromatic carbocycles. The smallest absolute Gasteiger partial charge is 0.272 e. The Hall–Kier alpha value is -2.02. The lowest BCUT2D eigenvalue weighted by atomic mass is 10.1. The number of rotatable bonds is 1. The zero-order valence-corrected chi connectivity index (χ0v) is 10.7. The maximum absolute atomic E-state index is 11.9. The number of aromatic nitrogens is 2. The fraction of sp³-hybridized carbons (Fsp3) is 0.250. The average Bonchev–Trinajstić information content (AvgIpc) is 2.72. The van der Waals surface area contributed by atoms with Crippen LogP contribution < -0.4 is 16.0 Å². The van der Waals surface area contributed by atoms with Gasteiger partial charge >= 0.3 is 0 Å². The van der Waals surface area contributed by atoms with Gasteiger partial charge in [0.1, 0.15) is 0 Å². The number of nitrogens with zero attached hydrogens (tertiary/aromatic N) is 1. The van der Waals surface area contributed by atoms with Gasteiger partial charge < -0.3 is 4.90 Å². The van der Waals surface area contributed by atoms with E-state index >= 15 is 0 Å². The van der Waals surface area contributed by atoms with Crippen molar-refractivity contribution in [2.75, 3.05) is 11.4 Å². The number of benzene rings is 1. The van der Waals surface area contributed by atoms with Crippen LogP contribution in [0.1, 0.15) is 6.42 Å². The number of hydrogen-bond donors (Lipinski definition) is 3. The van der Waals surface area contributed by atoms with Crippen molar-refractivity contribution in [3.63, 3.8) is 0 Å². The first-order chi connectivity index (χ1) is 9.08. The van der Waals surface area contributed by atoms with Gasteiger partial charge in [0, 0.05) is 18.2 Å². The number of aromatic amines is 2. The fourth-order valence-electron chi connectivity index (χ4n) is 2.36. The number of nitrogens with one attached hydrogen (secondary N) is 2. The summed E-state index contributed by atoms with van der Waals surface area (Å²) in [7, 11) is 0. The van der Waals surface area contributed by atoms with E-state index in [-0.39, 0.29) is 27.5 Å². The Morgan fingerprint density at radius 2 is 1.89 bits per heavy atom. The van der Waals surface area contributed by atoms with Crippen LogP contribution in [0.25, 0.3) is 10.8 Å². The van der Waals surface area contributed by atoms with Crippen molar-refractivity contribution in [3.05, 3.63) is 38.9 Å². The van der Waals surface area contributed by atoms with E-state index in [1.54, 1.807) is 18.2 Å². The molecule has 1 saturated heterocycles. The molecule has 2 heterocycles. The Morgan fingerprint density at radius 3 is 2.58 bits per heavy atom. The first-order valence-electron chi connectivity index (χ1n) is 5.80. The van der Waals surface area contributed by atoms with Gasteiger partial charge in [0.05, 0.1) is 16.5 Å². The van der Waals surface area contributed by atoms with E-state index < -0.39 is 5.56 Å². The number of H-pyrrole nitrogens is 2. The number of hydrogen-bond acceptors (Lipinski definition) is 4. The van der Waals surface area contributed by atoms with Gasteiger partial charge in [0.15, 0.2) is 0 Å². The minimum atomic E-state index is -0.416. The zero-order chi connectivity index (χ0) is 13.6. The molecule has 0 radical (unpaired) electrons. The molecule has 1 fully saturated rings. The highest BCUT2D eigenvalue weighted by Crippen LogP contribution is 2.27. The van der Waals surface area contributed by atoms with Crippen LogP contribution in [-0.4, -0.2) is 27.9 Å². The van der Waals surface area contributed by atoms with Gasteiger partial charge in [0.2, 0.25) is 5.91 Å². The molecule has 1 atom stereocenters. The maximum atomic E-state index is 11.9. The molecule has 1 aliphatic heterocycles. The van der Waals surface area contributed by atoms with Crippen molar-refractivity contribution < 1.29 is 4.79 Å². The summed E-state index contributed by atoms with van der Waals surface area (Å²) in [5.41, 5.74) is -0.336. The SMILES string of the molecule is O=C1CC(S)CN1c1cccc2c(=O)[nH][nH]c(=O)c12. The Labute approximate surface area is 112 Å². The zero-order valence-electron chi connectivity index (χ0n) is 9.84. The predicted molar refractivity (Wildman–Crippen MR) is 74.9 cm³/mol. The predicted octanol–water partition coefficient (Wildman–Crippen LogP) is 0.251. The summed E-state index contributed by atoms with van der Waals surface area (Å²) in [6, 6.07) is 4.89. The first-order valence-corrected chi connectivity index (χ1v) is 6.31. The van der Waals surface area contributed by atoms with E-state index in [9.17, 15) is 14.4 Å². The molecule has 3 rings (SSSR count). The van der Waals surface area contributed by atoms with Crippen LogP contribution in [0.2, 0.25) is 0 Å². The number of anilines is 1. The number of fused-ring (bicyclic) bond motifs is 1.